The molecule has 2 N–H and O–H groups in total. The van der Waals surface area contributed by atoms with E-state index in [4.69, 9.17) is 9.84 Å². The lowest BCUT2D eigenvalue weighted by Gasteiger charge is -2.25. The van der Waals surface area contributed by atoms with Crippen LogP contribution >= 0.6 is 0 Å². The van der Waals surface area contributed by atoms with Crippen molar-refractivity contribution in [3.05, 3.63) is 29.6 Å². The number of aliphatic hydroxyl groups excluding tert-OH is 1. The molecule has 6 heteroatoms. The zero-order valence-corrected chi connectivity index (χ0v) is 12.3. The summed E-state index contributed by atoms with van der Waals surface area (Å²) in [5, 5.41) is 11.8. The van der Waals surface area contributed by atoms with Crippen molar-refractivity contribution in [3.63, 3.8) is 0 Å². The Bertz CT molecular complexity index is 506. The van der Waals surface area contributed by atoms with Crippen LogP contribution in [-0.4, -0.2) is 42.3 Å². The number of ether oxygens (including phenoxy) is 1. The van der Waals surface area contributed by atoms with E-state index >= 15 is 0 Å². The normalized spacial score (nSPS) is 15.4. The summed E-state index contributed by atoms with van der Waals surface area (Å²) in [6.07, 6.45) is 1.90. The first-order chi connectivity index (χ1) is 10.1. The van der Waals surface area contributed by atoms with Crippen molar-refractivity contribution in [2.24, 2.45) is 0 Å². The number of amides is 2. The van der Waals surface area contributed by atoms with Gasteiger partial charge in [0.15, 0.2) is 0 Å². The van der Waals surface area contributed by atoms with Gasteiger partial charge in [0.05, 0.1) is 25.3 Å². The maximum Gasteiger partial charge on any atom is 0.318 e. The van der Waals surface area contributed by atoms with E-state index in [1.54, 1.807) is 24.0 Å². The van der Waals surface area contributed by atoms with E-state index in [0.29, 0.717) is 11.3 Å². The van der Waals surface area contributed by atoms with Crippen LogP contribution in [-0.2, 0) is 0 Å². The molecular weight excluding hydrogens is 275 g/mol. The highest BCUT2D eigenvalue weighted by Crippen LogP contribution is 2.29. The maximum absolute atomic E-state index is 14.0. The minimum absolute atomic E-state index is 0.0820. The number of methoxy groups -OCH3 is 1. The third-order valence-corrected chi connectivity index (χ3v) is 3.60. The molecule has 1 atom stereocenters. The Labute approximate surface area is 123 Å². The molecule has 1 saturated carbocycles. The Morgan fingerprint density at radius 3 is 2.86 bits per heavy atom. The standard InChI is InChI=1S/C15H21FN2O3/c1-10(14-12(16)4-3-5-13(14)21-2)17-15(20)18(8-9-19)11-6-7-11/h3-5,10-11,19H,6-9H2,1-2H3,(H,17,20). The first-order valence-electron chi connectivity index (χ1n) is 7.08. The first kappa shape index (κ1) is 15.6. The van der Waals surface area contributed by atoms with Crippen molar-refractivity contribution >= 4 is 6.03 Å². The highest BCUT2D eigenvalue weighted by molar-refractivity contribution is 5.75. The summed E-state index contributed by atoms with van der Waals surface area (Å²) in [6.45, 7) is 1.92. The maximum atomic E-state index is 14.0. The highest BCUT2D eigenvalue weighted by Gasteiger charge is 2.33. The van der Waals surface area contributed by atoms with Gasteiger partial charge in [-0.1, -0.05) is 6.07 Å². The molecule has 0 aliphatic heterocycles. The van der Waals surface area contributed by atoms with Crippen LogP contribution in [0.3, 0.4) is 0 Å². The Hall–Kier alpha value is -1.82. The van der Waals surface area contributed by atoms with E-state index in [1.807, 2.05) is 0 Å². The summed E-state index contributed by atoms with van der Waals surface area (Å²) < 4.78 is 19.1. The summed E-state index contributed by atoms with van der Waals surface area (Å²) in [4.78, 5) is 13.9. The molecule has 21 heavy (non-hydrogen) atoms. The van der Waals surface area contributed by atoms with E-state index in [1.165, 1.54) is 13.2 Å². The molecule has 1 aliphatic carbocycles. The Morgan fingerprint density at radius 2 is 2.29 bits per heavy atom. The number of hydrogen-bond donors (Lipinski definition) is 2. The van der Waals surface area contributed by atoms with Crippen molar-refractivity contribution in [1.29, 1.82) is 0 Å². The van der Waals surface area contributed by atoms with Gasteiger partial charge >= 0.3 is 6.03 Å². The van der Waals surface area contributed by atoms with Gasteiger partial charge in [-0.15, -0.1) is 0 Å². The number of hydrogen-bond acceptors (Lipinski definition) is 3. The Balaban J connectivity index is 2.10. The molecule has 0 aromatic heterocycles. The van der Waals surface area contributed by atoms with E-state index < -0.39 is 11.9 Å². The molecule has 0 spiro atoms. The molecule has 0 bridgehead atoms. The number of carbonyl (C=O) groups is 1. The lowest BCUT2D eigenvalue weighted by atomic mass is 10.1. The van der Waals surface area contributed by atoms with Crippen LogP contribution in [0, 0.1) is 5.82 Å². The number of aliphatic hydroxyl groups is 1. The Kier molecular flexibility index (Phi) is 5.01. The first-order valence-corrected chi connectivity index (χ1v) is 7.08. The fourth-order valence-corrected chi connectivity index (χ4v) is 2.40. The minimum Gasteiger partial charge on any atom is -0.496 e. The van der Waals surface area contributed by atoms with Gasteiger partial charge in [-0.3, -0.25) is 0 Å². The van der Waals surface area contributed by atoms with Gasteiger partial charge in [0, 0.05) is 12.6 Å². The quantitative estimate of drug-likeness (QED) is 0.844. The minimum atomic E-state index is -0.520. The van der Waals surface area contributed by atoms with Gasteiger partial charge in [-0.25, -0.2) is 9.18 Å². The van der Waals surface area contributed by atoms with Gasteiger partial charge in [0.2, 0.25) is 0 Å². The second-order valence-corrected chi connectivity index (χ2v) is 5.18. The SMILES string of the molecule is COc1cccc(F)c1C(C)NC(=O)N(CCO)C1CC1. The fraction of sp³-hybridized carbons (Fsp3) is 0.533. The second-order valence-electron chi connectivity index (χ2n) is 5.18. The monoisotopic (exact) mass is 296 g/mol. The number of benzene rings is 1. The predicted octanol–water partition coefficient (Wildman–Crippen LogP) is 2.06. The van der Waals surface area contributed by atoms with Crippen LogP contribution in [0.2, 0.25) is 0 Å². The average molecular weight is 296 g/mol. The Morgan fingerprint density at radius 1 is 1.57 bits per heavy atom. The van der Waals surface area contributed by atoms with Gasteiger partial charge in [0.25, 0.3) is 0 Å². The molecule has 1 unspecified atom stereocenters. The van der Waals surface area contributed by atoms with Gasteiger partial charge in [-0.2, -0.15) is 0 Å². The highest BCUT2D eigenvalue weighted by atomic mass is 19.1. The van der Waals surface area contributed by atoms with Crippen LogP contribution in [0.15, 0.2) is 18.2 Å². The van der Waals surface area contributed by atoms with Gasteiger partial charge < -0.3 is 20.1 Å². The van der Waals surface area contributed by atoms with Crippen molar-refractivity contribution in [1.82, 2.24) is 10.2 Å². The van der Waals surface area contributed by atoms with Crippen molar-refractivity contribution in [2.45, 2.75) is 31.8 Å². The third kappa shape index (κ3) is 3.64. The van der Waals surface area contributed by atoms with Crippen molar-refractivity contribution < 1.29 is 19.0 Å². The molecule has 1 aromatic carbocycles. The molecule has 0 radical (unpaired) electrons. The van der Waals surface area contributed by atoms with E-state index in [0.717, 1.165) is 12.8 Å². The van der Waals surface area contributed by atoms with E-state index in [-0.39, 0.29) is 25.2 Å². The van der Waals surface area contributed by atoms with E-state index in [2.05, 4.69) is 5.32 Å². The topological polar surface area (TPSA) is 61.8 Å². The predicted molar refractivity (Wildman–Crippen MR) is 76.7 cm³/mol. The van der Waals surface area contributed by atoms with Gasteiger partial charge in [-0.05, 0) is 31.9 Å². The molecule has 1 aliphatic rings. The largest absolute Gasteiger partial charge is 0.496 e. The summed E-state index contributed by atoms with van der Waals surface area (Å²) >= 11 is 0. The molecule has 0 heterocycles. The summed E-state index contributed by atoms with van der Waals surface area (Å²) in [7, 11) is 1.47. The van der Waals surface area contributed by atoms with Crippen LogP contribution in [0.5, 0.6) is 5.75 Å². The number of rotatable bonds is 6. The van der Waals surface area contributed by atoms with Crippen LogP contribution < -0.4 is 10.1 Å². The fourth-order valence-electron chi connectivity index (χ4n) is 2.40. The zero-order chi connectivity index (χ0) is 15.4. The van der Waals surface area contributed by atoms with Crippen LogP contribution in [0.25, 0.3) is 0 Å². The summed E-state index contributed by atoms with van der Waals surface area (Å²) in [5.74, 6) is -0.00906. The molecule has 116 valence electrons. The molecule has 1 fully saturated rings. The molecule has 2 rings (SSSR count). The number of nitrogens with one attached hydrogen (secondary N) is 1. The van der Waals surface area contributed by atoms with E-state index in [9.17, 15) is 9.18 Å². The lowest BCUT2D eigenvalue weighted by molar-refractivity contribution is 0.171. The van der Waals surface area contributed by atoms with Gasteiger partial charge in [0.1, 0.15) is 11.6 Å². The van der Waals surface area contributed by atoms with Crippen LogP contribution in [0.4, 0.5) is 9.18 Å². The number of urea groups is 1. The molecular formula is C15H21FN2O3. The number of nitrogens with zero attached hydrogens (tertiary/aromatic N) is 1. The summed E-state index contributed by atoms with van der Waals surface area (Å²) in [5.41, 5.74) is 0.327. The molecule has 5 nitrogen and oxygen atoms in total. The lowest BCUT2D eigenvalue weighted by Crippen LogP contribution is -2.43. The molecule has 2 amide bonds. The molecule has 0 saturated heterocycles. The third-order valence-electron chi connectivity index (χ3n) is 3.60. The van der Waals surface area contributed by atoms with Crippen molar-refractivity contribution in [3.8, 4) is 5.75 Å². The van der Waals surface area contributed by atoms with Crippen molar-refractivity contribution in [2.75, 3.05) is 20.3 Å². The van der Waals surface area contributed by atoms with Crippen LogP contribution in [0.1, 0.15) is 31.4 Å². The number of carbonyl (C=O) groups excluding carboxylic acids is 1. The number of halogens is 1. The second kappa shape index (κ2) is 6.76. The zero-order valence-electron chi connectivity index (χ0n) is 12.3. The smallest absolute Gasteiger partial charge is 0.318 e. The average Bonchev–Trinajstić information content (AvgIpc) is 3.28. The molecule has 1 aromatic rings. The summed E-state index contributed by atoms with van der Waals surface area (Å²) in [6, 6.07) is 3.94.